The molecule has 0 aliphatic heterocycles. The van der Waals surface area contributed by atoms with Crippen molar-refractivity contribution in [3.63, 3.8) is 0 Å². The summed E-state index contributed by atoms with van der Waals surface area (Å²) in [6, 6.07) is 24.4. The fourth-order valence-electron chi connectivity index (χ4n) is 4.42. The first-order valence-corrected chi connectivity index (χ1v) is 12.8. The minimum atomic E-state index is -0.0514. The molecule has 0 spiro atoms. The van der Waals surface area contributed by atoms with Gasteiger partial charge in [0.2, 0.25) is 5.91 Å². The van der Waals surface area contributed by atoms with Crippen molar-refractivity contribution in [2.45, 2.75) is 46.1 Å². The summed E-state index contributed by atoms with van der Waals surface area (Å²) in [6.45, 7) is 6.21. The van der Waals surface area contributed by atoms with Crippen LogP contribution in [0, 0.1) is 13.8 Å². The second-order valence-corrected chi connectivity index (χ2v) is 9.08. The lowest BCUT2D eigenvalue weighted by molar-refractivity contribution is -0.116. The predicted octanol–water partition coefficient (Wildman–Crippen LogP) is 6.27. The van der Waals surface area contributed by atoms with E-state index in [1.165, 1.54) is 0 Å². The maximum atomic E-state index is 12.0. The number of carbonyl (C=O) groups excluding carboxylic acids is 1. The molecule has 0 bridgehead atoms. The number of rotatable bonds is 12. The van der Waals surface area contributed by atoms with E-state index in [1.807, 2.05) is 42.5 Å². The summed E-state index contributed by atoms with van der Waals surface area (Å²) >= 11 is 0. The second-order valence-electron chi connectivity index (χ2n) is 9.08. The standard InChI is InChI=1S/C31H35N3O2/c1-24-12-11-13-25(2)31(24)36-23-22-34-28-17-9-8-16-27(28)33-29(34)18-7-4-10-21-32-30(35)20-19-26-14-5-3-6-15-26/h3,5-6,8-9,11-17,19-20H,4,7,10,18,21-23H2,1-2H3,(H,32,35)/b20-19+. The number of benzene rings is 3. The van der Waals surface area contributed by atoms with Gasteiger partial charge in [-0.25, -0.2) is 4.98 Å². The molecule has 3 aromatic carbocycles. The van der Waals surface area contributed by atoms with Crippen molar-refractivity contribution < 1.29 is 9.53 Å². The summed E-state index contributed by atoms with van der Waals surface area (Å²) < 4.78 is 8.47. The summed E-state index contributed by atoms with van der Waals surface area (Å²) in [7, 11) is 0. The summed E-state index contributed by atoms with van der Waals surface area (Å²) in [4.78, 5) is 16.9. The van der Waals surface area contributed by atoms with Gasteiger partial charge in [0.1, 0.15) is 18.2 Å². The first-order valence-electron chi connectivity index (χ1n) is 12.8. The second kappa shape index (κ2) is 12.7. The van der Waals surface area contributed by atoms with Gasteiger partial charge < -0.3 is 14.6 Å². The largest absolute Gasteiger partial charge is 0.491 e. The highest BCUT2D eigenvalue weighted by Gasteiger charge is 2.11. The molecule has 0 aliphatic carbocycles. The summed E-state index contributed by atoms with van der Waals surface area (Å²) in [5, 5.41) is 2.97. The Balaban J connectivity index is 1.25. The molecule has 1 amide bonds. The molecule has 1 N–H and O–H groups in total. The van der Waals surface area contributed by atoms with Gasteiger partial charge in [0.25, 0.3) is 0 Å². The van der Waals surface area contributed by atoms with E-state index in [4.69, 9.17) is 9.72 Å². The molecule has 1 aromatic heterocycles. The van der Waals surface area contributed by atoms with Gasteiger partial charge in [-0.3, -0.25) is 4.79 Å². The molecule has 0 unspecified atom stereocenters. The Morgan fingerprint density at radius 1 is 0.917 bits per heavy atom. The number of amides is 1. The Kier molecular flexibility index (Phi) is 8.92. The van der Waals surface area contributed by atoms with Crippen LogP contribution < -0.4 is 10.1 Å². The van der Waals surface area contributed by atoms with Gasteiger partial charge in [0, 0.05) is 19.0 Å². The average Bonchev–Trinajstić information content (AvgIpc) is 3.24. The number of para-hydroxylation sites is 3. The number of nitrogens with one attached hydrogen (secondary N) is 1. The van der Waals surface area contributed by atoms with Crippen LogP contribution in [0.2, 0.25) is 0 Å². The molecule has 4 aromatic rings. The maximum absolute atomic E-state index is 12.0. The fraction of sp³-hybridized carbons (Fsp3) is 0.290. The smallest absolute Gasteiger partial charge is 0.243 e. The zero-order valence-corrected chi connectivity index (χ0v) is 21.2. The molecule has 0 saturated carbocycles. The van der Waals surface area contributed by atoms with Crippen LogP contribution in [0.25, 0.3) is 17.1 Å². The van der Waals surface area contributed by atoms with Crippen LogP contribution in [0.5, 0.6) is 5.75 Å². The van der Waals surface area contributed by atoms with Crippen molar-refractivity contribution >= 4 is 23.0 Å². The number of ether oxygens (including phenoxy) is 1. The number of carbonyl (C=O) groups is 1. The van der Waals surface area contributed by atoms with Crippen molar-refractivity contribution in [3.8, 4) is 5.75 Å². The van der Waals surface area contributed by atoms with Crippen LogP contribution in [-0.2, 0) is 17.8 Å². The zero-order valence-electron chi connectivity index (χ0n) is 21.2. The van der Waals surface area contributed by atoms with E-state index in [-0.39, 0.29) is 5.91 Å². The SMILES string of the molecule is Cc1cccc(C)c1OCCn1c(CCCCCNC(=O)/C=C/c2ccccc2)nc2ccccc21. The molecule has 0 saturated heterocycles. The van der Waals surface area contributed by atoms with Crippen molar-refractivity contribution in [1.29, 1.82) is 0 Å². The van der Waals surface area contributed by atoms with Gasteiger partial charge in [-0.1, -0.05) is 67.1 Å². The molecule has 5 heteroatoms. The van der Waals surface area contributed by atoms with Crippen molar-refractivity contribution in [2.24, 2.45) is 0 Å². The molecule has 4 rings (SSSR count). The third-order valence-electron chi connectivity index (χ3n) is 6.31. The van der Waals surface area contributed by atoms with Crippen LogP contribution in [0.3, 0.4) is 0 Å². The quantitative estimate of drug-likeness (QED) is 0.192. The lowest BCUT2D eigenvalue weighted by Crippen LogP contribution is -2.22. The Hall–Kier alpha value is -3.86. The van der Waals surface area contributed by atoms with Gasteiger partial charge in [-0.15, -0.1) is 0 Å². The molecule has 0 atom stereocenters. The van der Waals surface area contributed by atoms with Gasteiger partial charge in [0.15, 0.2) is 0 Å². The Labute approximate surface area is 213 Å². The number of nitrogens with zero attached hydrogens (tertiary/aromatic N) is 2. The number of hydrogen-bond acceptors (Lipinski definition) is 3. The highest BCUT2D eigenvalue weighted by Crippen LogP contribution is 2.23. The van der Waals surface area contributed by atoms with Crippen LogP contribution in [0.4, 0.5) is 0 Å². The molecule has 5 nitrogen and oxygen atoms in total. The van der Waals surface area contributed by atoms with Gasteiger partial charge in [-0.2, -0.15) is 0 Å². The molecule has 0 fully saturated rings. The number of fused-ring (bicyclic) bond motifs is 1. The van der Waals surface area contributed by atoms with Crippen LogP contribution in [0.1, 0.15) is 41.8 Å². The molecular formula is C31H35N3O2. The highest BCUT2D eigenvalue weighted by atomic mass is 16.5. The molecule has 0 radical (unpaired) electrons. The van der Waals surface area contributed by atoms with E-state index in [0.29, 0.717) is 13.2 Å². The first kappa shape index (κ1) is 25.2. The third kappa shape index (κ3) is 6.85. The van der Waals surface area contributed by atoms with Crippen molar-refractivity contribution in [3.05, 3.63) is 101 Å². The van der Waals surface area contributed by atoms with E-state index in [9.17, 15) is 4.79 Å². The normalized spacial score (nSPS) is 11.3. The lowest BCUT2D eigenvalue weighted by atomic mass is 10.1. The Morgan fingerprint density at radius 2 is 1.67 bits per heavy atom. The predicted molar refractivity (Wildman–Crippen MR) is 147 cm³/mol. The number of imidazole rings is 1. The van der Waals surface area contributed by atoms with Crippen molar-refractivity contribution in [2.75, 3.05) is 13.2 Å². The molecule has 0 aliphatic rings. The van der Waals surface area contributed by atoms with Crippen LogP contribution >= 0.6 is 0 Å². The van der Waals surface area contributed by atoms with Crippen LogP contribution in [-0.4, -0.2) is 28.6 Å². The highest BCUT2D eigenvalue weighted by molar-refractivity contribution is 5.91. The summed E-state index contributed by atoms with van der Waals surface area (Å²) in [6.07, 6.45) is 7.34. The third-order valence-corrected chi connectivity index (χ3v) is 6.31. The molecule has 36 heavy (non-hydrogen) atoms. The molecule has 186 valence electrons. The fourth-order valence-corrected chi connectivity index (χ4v) is 4.42. The van der Waals surface area contributed by atoms with E-state index >= 15 is 0 Å². The van der Waals surface area contributed by atoms with Gasteiger partial charge in [-0.05, 0) is 61.6 Å². The van der Waals surface area contributed by atoms with Gasteiger partial charge in [0.05, 0.1) is 17.6 Å². The minimum Gasteiger partial charge on any atom is -0.491 e. The molecular weight excluding hydrogens is 446 g/mol. The Morgan fingerprint density at radius 3 is 2.47 bits per heavy atom. The van der Waals surface area contributed by atoms with E-state index in [0.717, 1.165) is 71.5 Å². The van der Waals surface area contributed by atoms with E-state index in [1.54, 1.807) is 6.08 Å². The first-order chi connectivity index (χ1) is 17.6. The topological polar surface area (TPSA) is 56.1 Å². The van der Waals surface area contributed by atoms with Crippen molar-refractivity contribution in [1.82, 2.24) is 14.9 Å². The lowest BCUT2D eigenvalue weighted by Gasteiger charge is -2.14. The monoisotopic (exact) mass is 481 g/mol. The number of hydrogen-bond donors (Lipinski definition) is 1. The Bertz CT molecular complexity index is 1290. The van der Waals surface area contributed by atoms with E-state index < -0.39 is 0 Å². The number of aryl methyl sites for hydroxylation is 3. The zero-order chi connectivity index (χ0) is 25.2. The number of aromatic nitrogens is 2. The summed E-state index contributed by atoms with van der Waals surface area (Å²) in [5.41, 5.74) is 5.52. The van der Waals surface area contributed by atoms with Crippen LogP contribution in [0.15, 0.2) is 78.9 Å². The maximum Gasteiger partial charge on any atom is 0.243 e. The molecule has 1 heterocycles. The summed E-state index contributed by atoms with van der Waals surface area (Å²) in [5.74, 6) is 2.02. The average molecular weight is 482 g/mol. The number of unbranched alkanes of at least 4 members (excludes halogenated alkanes) is 2. The van der Waals surface area contributed by atoms with Gasteiger partial charge >= 0.3 is 0 Å². The minimum absolute atomic E-state index is 0.0514. The van der Waals surface area contributed by atoms with E-state index in [2.05, 4.69) is 60.1 Å².